The fraction of sp³-hybridized carbons (Fsp3) is 0.938. The molecule has 0 spiro atoms. The third-order valence-electron chi connectivity index (χ3n) is 3.54. The maximum Gasteiger partial charge on any atom is 0.241 e. The van der Waals surface area contributed by atoms with Crippen molar-refractivity contribution in [1.82, 2.24) is 4.90 Å². The highest BCUT2D eigenvalue weighted by atomic mass is 16.5. The van der Waals surface area contributed by atoms with Crippen LogP contribution in [0.4, 0.5) is 0 Å². The Morgan fingerprint density at radius 1 is 1.00 bits per heavy atom. The minimum atomic E-state index is -0.516. The third kappa shape index (κ3) is 9.32. The summed E-state index contributed by atoms with van der Waals surface area (Å²) in [5.41, 5.74) is 5.87. The maximum atomic E-state index is 12.3. The van der Waals surface area contributed by atoms with Gasteiger partial charge in [0.2, 0.25) is 5.91 Å². The van der Waals surface area contributed by atoms with Crippen LogP contribution >= 0.6 is 0 Å². The summed E-state index contributed by atoms with van der Waals surface area (Å²) in [4.78, 5) is 14.2. The first-order valence-electron chi connectivity index (χ1n) is 8.20. The summed E-state index contributed by atoms with van der Waals surface area (Å²) in [5.74, 6) is 0.0415. The molecule has 20 heavy (non-hydrogen) atoms. The molecule has 0 aliphatic heterocycles. The quantitative estimate of drug-likeness (QED) is 0.530. The molecule has 4 heteroatoms. The van der Waals surface area contributed by atoms with E-state index in [2.05, 4.69) is 13.8 Å². The first-order chi connectivity index (χ1) is 9.67. The Morgan fingerprint density at radius 2 is 1.50 bits per heavy atom. The van der Waals surface area contributed by atoms with Gasteiger partial charge in [0.05, 0.1) is 6.61 Å². The second kappa shape index (κ2) is 13.4. The van der Waals surface area contributed by atoms with Gasteiger partial charge < -0.3 is 15.4 Å². The smallest absolute Gasteiger partial charge is 0.241 e. The number of nitrogens with two attached hydrogens (primary N) is 1. The average Bonchev–Trinajstić information content (AvgIpc) is 2.45. The predicted octanol–water partition coefficient (Wildman–Crippen LogP) is 2.95. The summed E-state index contributed by atoms with van der Waals surface area (Å²) in [6.45, 7) is 6.37. The van der Waals surface area contributed by atoms with Crippen molar-refractivity contribution >= 4 is 5.91 Å². The van der Waals surface area contributed by atoms with Crippen LogP contribution in [0.15, 0.2) is 0 Å². The summed E-state index contributed by atoms with van der Waals surface area (Å²) >= 11 is 0. The van der Waals surface area contributed by atoms with Crippen LogP contribution in [-0.4, -0.2) is 43.7 Å². The van der Waals surface area contributed by atoms with E-state index in [1.165, 1.54) is 38.5 Å². The van der Waals surface area contributed by atoms with Gasteiger partial charge in [0, 0.05) is 20.2 Å². The molecule has 0 saturated carbocycles. The van der Waals surface area contributed by atoms with Crippen LogP contribution in [0.2, 0.25) is 0 Å². The Bertz CT molecular complexity index is 223. The predicted molar refractivity (Wildman–Crippen MR) is 84.7 cm³/mol. The first kappa shape index (κ1) is 19.4. The summed E-state index contributed by atoms with van der Waals surface area (Å²) in [6, 6.07) is -0.516. The van der Waals surface area contributed by atoms with Crippen molar-refractivity contribution in [3.05, 3.63) is 0 Å². The molecule has 4 nitrogen and oxygen atoms in total. The van der Waals surface area contributed by atoms with Gasteiger partial charge in [-0.25, -0.2) is 0 Å². The zero-order chi connectivity index (χ0) is 15.2. The lowest BCUT2D eigenvalue weighted by Gasteiger charge is -2.25. The lowest BCUT2D eigenvalue weighted by molar-refractivity contribution is -0.134. The van der Waals surface area contributed by atoms with E-state index in [0.717, 1.165) is 25.9 Å². The zero-order valence-corrected chi connectivity index (χ0v) is 13.7. The minimum Gasteiger partial charge on any atom is -0.383 e. The van der Waals surface area contributed by atoms with Gasteiger partial charge in [-0.3, -0.25) is 4.79 Å². The molecule has 1 unspecified atom stereocenters. The number of carbonyl (C=O) groups excluding carboxylic acids is 1. The van der Waals surface area contributed by atoms with E-state index in [1.54, 1.807) is 7.11 Å². The van der Waals surface area contributed by atoms with Gasteiger partial charge in [0.25, 0.3) is 0 Å². The molecule has 0 aromatic heterocycles. The first-order valence-corrected chi connectivity index (χ1v) is 8.20. The average molecular weight is 286 g/mol. The number of ether oxygens (including phenoxy) is 1. The van der Waals surface area contributed by atoms with Gasteiger partial charge in [-0.1, -0.05) is 52.4 Å². The van der Waals surface area contributed by atoms with Crippen LogP contribution < -0.4 is 5.73 Å². The number of hydrogen-bond acceptors (Lipinski definition) is 3. The maximum absolute atomic E-state index is 12.3. The molecule has 0 saturated heterocycles. The SMILES string of the molecule is CCCCCCN(CCCCCC)C(=O)C(N)COC. The summed E-state index contributed by atoms with van der Waals surface area (Å²) in [7, 11) is 1.58. The molecule has 0 aromatic rings. The number of methoxy groups -OCH3 is 1. The van der Waals surface area contributed by atoms with Gasteiger partial charge in [-0.15, -0.1) is 0 Å². The molecule has 0 fully saturated rings. The summed E-state index contributed by atoms with van der Waals surface area (Å²) < 4.78 is 4.99. The second-order valence-electron chi connectivity index (χ2n) is 5.51. The summed E-state index contributed by atoms with van der Waals surface area (Å²) in [5, 5.41) is 0. The van der Waals surface area contributed by atoms with Crippen molar-refractivity contribution in [1.29, 1.82) is 0 Å². The molecule has 0 bridgehead atoms. The second-order valence-corrected chi connectivity index (χ2v) is 5.51. The molecule has 120 valence electrons. The highest BCUT2D eigenvalue weighted by Crippen LogP contribution is 2.07. The molecule has 0 rings (SSSR count). The molecular formula is C16H34N2O2. The van der Waals surface area contributed by atoms with Gasteiger partial charge >= 0.3 is 0 Å². The Balaban J connectivity index is 4.18. The Hall–Kier alpha value is -0.610. The third-order valence-corrected chi connectivity index (χ3v) is 3.54. The van der Waals surface area contributed by atoms with Crippen LogP contribution in [0.25, 0.3) is 0 Å². The van der Waals surface area contributed by atoms with E-state index >= 15 is 0 Å². The van der Waals surface area contributed by atoms with Crippen LogP contribution in [0.5, 0.6) is 0 Å². The molecule has 0 radical (unpaired) electrons. The topological polar surface area (TPSA) is 55.6 Å². The highest BCUT2D eigenvalue weighted by molar-refractivity contribution is 5.81. The van der Waals surface area contributed by atoms with Crippen molar-refractivity contribution < 1.29 is 9.53 Å². The van der Waals surface area contributed by atoms with Gasteiger partial charge in [0.15, 0.2) is 0 Å². The Morgan fingerprint density at radius 3 is 1.90 bits per heavy atom. The standard InChI is InChI=1S/C16H34N2O2/c1-4-6-8-10-12-18(13-11-9-7-5-2)16(19)15(17)14-20-3/h15H,4-14,17H2,1-3H3. The lowest BCUT2D eigenvalue weighted by atomic mass is 10.1. The number of unbranched alkanes of at least 4 members (excludes halogenated alkanes) is 6. The van der Waals surface area contributed by atoms with Crippen molar-refractivity contribution in [2.45, 2.75) is 71.3 Å². The minimum absolute atomic E-state index is 0.0415. The van der Waals surface area contributed by atoms with E-state index in [4.69, 9.17) is 10.5 Å². The number of nitrogens with zero attached hydrogens (tertiary/aromatic N) is 1. The normalized spacial score (nSPS) is 12.4. The van der Waals surface area contributed by atoms with Crippen LogP contribution in [0.3, 0.4) is 0 Å². The number of amides is 1. The van der Waals surface area contributed by atoms with Gasteiger partial charge in [-0.2, -0.15) is 0 Å². The highest BCUT2D eigenvalue weighted by Gasteiger charge is 2.20. The zero-order valence-electron chi connectivity index (χ0n) is 13.7. The van der Waals surface area contributed by atoms with Crippen LogP contribution in [-0.2, 0) is 9.53 Å². The van der Waals surface area contributed by atoms with E-state index in [9.17, 15) is 4.79 Å². The lowest BCUT2D eigenvalue weighted by Crippen LogP contribution is -2.46. The molecule has 0 aromatic carbocycles. The number of carbonyl (C=O) groups is 1. The fourth-order valence-electron chi connectivity index (χ4n) is 2.28. The molecule has 1 atom stereocenters. The van der Waals surface area contributed by atoms with Crippen molar-refractivity contribution in [2.24, 2.45) is 5.73 Å². The number of hydrogen-bond donors (Lipinski definition) is 1. The van der Waals surface area contributed by atoms with Crippen LogP contribution in [0, 0.1) is 0 Å². The largest absolute Gasteiger partial charge is 0.383 e. The van der Waals surface area contributed by atoms with Crippen LogP contribution in [0.1, 0.15) is 65.2 Å². The van der Waals surface area contributed by atoms with E-state index < -0.39 is 6.04 Å². The molecule has 0 aliphatic carbocycles. The molecule has 2 N–H and O–H groups in total. The monoisotopic (exact) mass is 286 g/mol. The van der Waals surface area contributed by atoms with E-state index in [-0.39, 0.29) is 5.91 Å². The molecule has 1 amide bonds. The van der Waals surface area contributed by atoms with Gasteiger partial charge in [-0.05, 0) is 12.8 Å². The fourth-order valence-corrected chi connectivity index (χ4v) is 2.28. The Kier molecular flexibility index (Phi) is 13.0. The molecular weight excluding hydrogens is 252 g/mol. The Labute approximate surface area is 125 Å². The van der Waals surface area contributed by atoms with Crippen molar-refractivity contribution in [3.63, 3.8) is 0 Å². The van der Waals surface area contributed by atoms with E-state index in [0.29, 0.717) is 6.61 Å². The van der Waals surface area contributed by atoms with Crippen molar-refractivity contribution in [3.8, 4) is 0 Å². The molecule has 0 heterocycles. The van der Waals surface area contributed by atoms with E-state index in [1.807, 2.05) is 4.90 Å². The number of rotatable bonds is 13. The molecule has 0 aliphatic rings. The van der Waals surface area contributed by atoms with Crippen molar-refractivity contribution in [2.75, 3.05) is 26.8 Å². The van der Waals surface area contributed by atoms with Gasteiger partial charge in [0.1, 0.15) is 6.04 Å². The summed E-state index contributed by atoms with van der Waals surface area (Å²) in [6.07, 6.45) is 9.44.